The number of halogens is 3. The number of alkyl halides is 1. The van der Waals surface area contributed by atoms with Gasteiger partial charge in [0.25, 0.3) is 0 Å². The Morgan fingerprint density at radius 1 is 1.31 bits per heavy atom. The second kappa shape index (κ2) is 14.6. The minimum atomic E-state index is -1.03. The molecule has 7 heteroatoms. The summed E-state index contributed by atoms with van der Waals surface area (Å²) in [4.78, 5) is 11.3. The molecular formula is C25H33ClF2N2O2. The Bertz CT molecular complexity index is 865. The van der Waals surface area contributed by atoms with Gasteiger partial charge in [0.1, 0.15) is 17.6 Å². The van der Waals surface area contributed by atoms with Crippen molar-refractivity contribution in [1.29, 1.82) is 0 Å². The molecule has 0 fully saturated rings. The molecule has 1 heterocycles. The van der Waals surface area contributed by atoms with Crippen molar-refractivity contribution in [2.24, 2.45) is 5.10 Å². The van der Waals surface area contributed by atoms with Crippen molar-refractivity contribution in [2.45, 2.75) is 72.2 Å². The van der Waals surface area contributed by atoms with E-state index in [-0.39, 0.29) is 23.1 Å². The van der Waals surface area contributed by atoms with Gasteiger partial charge in [-0.25, -0.2) is 8.78 Å². The lowest BCUT2D eigenvalue weighted by atomic mass is 10.0. The maximum atomic E-state index is 13.7. The van der Waals surface area contributed by atoms with E-state index in [0.717, 1.165) is 12.0 Å². The number of hydrogen-bond donors (Lipinski definition) is 1. The van der Waals surface area contributed by atoms with E-state index in [4.69, 9.17) is 16.3 Å². The highest BCUT2D eigenvalue weighted by molar-refractivity contribution is 6.30. The first kappa shape index (κ1) is 27.6. The van der Waals surface area contributed by atoms with Gasteiger partial charge in [-0.2, -0.15) is 5.10 Å². The first-order chi connectivity index (χ1) is 15.3. The predicted molar refractivity (Wildman–Crippen MR) is 128 cm³/mol. The monoisotopic (exact) mass is 466 g/mol. The van der Waals surface area contributed by atoms with Gasteiger partial charge in [0, 0.05) is 12.0 Å². The third kappa shape index (κ3) is 8.58. The van der Waals surface area contributed by atoms with Crippen LogP contribution >= 0.6 is 11.6 Å². The first-order valence-corrected chi connectivity index (χ1v) is 11.2. The zero-order chi connectivity index (χ0) is 24.1. The van der Waals surface area contributed by atoms with Crippen LogP contribution in [0.3, 0.4) is 0 Å². The Hall–Kier alpha value is -2.47. The third-order valence-electron chi connectivity index (χ3n) is 4.63. The van der Waals surface area contributed by atoms with E-state index in [2.05, 4.69) is 10.5 Å². The number of nitrogens with zero attached hydrogens (tertiary/aromatic N) is 1. The van der Waals surface area contributed by atoms with Crippen molar-refractivity contribution in [2.75, 3.05) is 0 Å². The summed E-state index contributed by atoms with van der Waals surface area (Å²) >= 11 is 5.61. The van der Waals surface area contributed by atoms with E-state index < -0.39 is 12.0 Å². The smallest absolute Gasteiger partial charge is 0.306 e. The Morgan fingerprint density at radius 2 is 2.03 bits per heavy atom. The van der Waals surface area contributed by atoms with Gasteiger partial charge in [-0.15, -0.1) is 0 Å². The van der Waals surface area contributed by atoms with E-state index in [1.807, 2.05) is 51.2 Å². The molecule has 3 atom stereocenters. The molecule has 0 saturated heterocycles. The SMILES string of the molecule is CC=C/C=C(\C=C/C)C1=NNC(C)C1F.CCCC(OC(=O)CC)c1ccc(Cl)c(F)c1. The summed E-state index contributed by atoms with van der Waals surface area (Å²) in [6.07, 6.45) is 9.83. The number of nitrogens with one attached hydrogen (secondary N) is 1. The highest BCUT2D eigenvalue weighted by Gasteiger charge is 2.29. The number of hydrogen-bond acceptors (Lipinski definition) is 4. The second-order valence-corrected chi connectivity index (χ2v) is 7.67. The van der Waals surface area contributed by atoms with Crippen LogP contribution in [0.25, 0.3) is 0 Å². The molecule has 3 unspecified atom stereocenters. The van der Waals surface area contributed by atoms with Gasteiger partial charge in [-0.05, 0) is 44.9 Å². The minimum Gasteiger partial charge on any atom is -0.457 e. The molecule has 1 aromatic carbocycles. The van der Waals surface area contributed by atoms with Crippen molar-refractivity contribution in [1.82, 2.24) is 5.43 Å². The molecule has 32 heavy (non-hydrogen) atoms. The van der Waals surface area contributed by atoms with E-state index >= 15 is 0 Å². The average Bonchev–Trinajstić information content (AvgIpc) is 3.11. The zero-order valence-corrected chi connectivity index (χ0v) is 20.1. The number of allylic oxidation sites excluding steroid dienone is 6. The highest BCUT2D eigenvalue weighted by atomic mass is 35.5. The fourth-order valence-corrected chi connectivity index (χ4v) is 2.99. The molecule has 0 radical (unpaired) electrons. The minimum absolute atomic E-state index is 0.0748. The zero-order valence-electron chi connectivity index (χ0n) is 19.4. The lowest BCUT2D eigenvalue weighted by Crippen LogP contribution is -2.28. The summed E-state index contributed by atoms with van der Waals surface area (Å²) in [6, 6.07) is 4.26. The van der Waals surface area contributed by atoms with Crippen molar-refractivity contribution in [3.05, 3.63) is 70.6 Å². The molecule has 0 saturated carbocycles. The Labute approximate surface area is 195 Å². The summed E-state index contributed by atoms with van der Waals surface area (Å²) in [6.45, 7) is 9.33. The van der Waals surface area contributed by atoms with Crippen LogP contribution < -0.4 is 5.43 Å². The van der Waals surface area contributed by atoms with Crippen LogP contribution in [-0.4, -0.2) is 23.9 Å². The summed E-state index contributed by atoms with van der Waals surface area (Å²) in [5.74, 6) is -0.767. The van der Waals surface area contributed by atoms with Crippen LogP contribution in [0.15, 0.2) is 59.3 Å². The molecule has 1 aromatic rings. The molecule has 4 nitrogen and oxygen atoms in total. The number of benzene rings is 1. The number of ether oxygens (including phenoxy) is 1. The lowest BCUT2D eigenvalue weighted by molar-refractivity contribution is -0.149. The largest absolute Gasteiger partial charge is 0.457 e. The third-order valence-corrected chi connectivity index (χ3v) is 4.93. The van der Waals surface area contributed by atoms with Crippen LogP contribution in [0.1, 0.15) is 65.5 Å². The van der Waals surface area contributed by atoms with Crippen LogP contribution in [0, 0.1) is 5.82 Å². The van der Waals surface area contributed by atoms with Crippen molar-refractivity contribution >= 4 is 23.3 Å². The Balaban J connectivity index is 0.000000323. The molecule has 0 bridgehead atoms. The summed E-state index contributed by atoms with van der Waals surface area (Å²) in [5, 5.41) is 4.08. The predicted octanol–water partition coefficient (Wildman–Crippen LogP) is 7.02. The maximum Gasteiger partial charge on any atom is 0.306 e. The molecule has 1 N–H and O–H groups in total. The Morgan fingerprint density at radius 3 is 2.53 bits per heavy atom. The standard InChI is InChI=1S/C13H16ClFO2.C12H17FN2/c1-3-5-12(17-13(16)4-2)9-6-7-10(14)11(15)8-9;1-4-6-8-10(7-5-2)12-11(13)9(3)14-15-12/h6-8,12H,3-5H2,1-2H3;4-9,11,14H,1-3H3/b;6-4?,7-5-,10-8+. The molecule has 0 spiro atoms. The van der Waals surface area contributed by atoms with Gasteiger partial charge >= 0.3 is 5.97 Å². The van der Waals surface area contributed by atoms with Gasteiger partial charge < -0.3 is 10.2 Å². The number of carbonyl (C=O) groups is 1. The van der Waals surface area contributed by atoms with Gasteiger partial charge in [-0.1, -0.05) is 68.3 Å². The van der Waals surface area contributed by atoms with Gasteiger partial charge in [-0.3, -0.25) is 4.79 Å². The van der Waals surface area contributed by atoms with Crippen molar-refractivity contribution in [3.8, 4) is 0 Å². The molecular weight excluding hydrogens is 434 g/mol. The normalized spacial score (nSPS) is 19.4. The number of carbonyl (C=O) groups excluding carboxylic acids is 1. The fourth-order valence-electron chi connectivity index (χ4n) is 2.88. The summed E-state index contributed by atoms with van der Waals surface area (Å²) < 4.78 is 32.3. The topological polar surface area (TPSA) is 50.7 Å². The van der Waals surface area contributed by atoms with E-state index in [1.165, 1.54) is 12.1 Å². The van der Waals surface area contributed by atoms with E-state index in [1.54, 1.807) is 19.9 Å². The fraction of sp³-hybridized carbons (Fsp3) is 0.440. The summed E-state index contributed by atoms with van der Waals surface area (Å²) in [7, 11) is 0. The van der Waals surface area contributed by atoms with Crippen molar-refractivity contribution in [3.63, 3.8) is 0 Å². The molecule has 0 aliphatic carbocycles. The van der Waals surface area contributed by atoms with Crippen LogP contribution in [-0.2, 0) is 9.53 Å². The van der Waals surface area contributed by atoms with E-state index in [0.29, 0.717) is 24.1 Å². The van der Waals surface area contributed by atoms with Crippen LogP contribution in [0.4, 0.5) is 8.78 Å². The molecule has 0 amide bonds. The van der Waals surface area contributed by atoms with Gasteiger partial charge in [0.15, 0.2) is 6.17 Å². The van der Waals surface area contributed by atoms with Gasteiger partial charge in [0.2, 0.25) is 0 Å². The molecule has 2 rings (SSSR count). The van der Waals surface area contributed by atoms with Gasteiger partial charge in [0.05, 0.1) is 11.1 Å². The molecule has 1 aliphatic heterocycles. The number of hydrazone groups is 1. The summed E-state index contributed by atoms with van der Waals surface area (Å²) in [5.41, 5.74) is 4.70. The van der Waals surface area contributed by atoms with Crippen LogP contribution in [0.5, 0.6) is 0 Å². The number of rotatable bonds is 8. The highest BCUT2D eigenvalue weighted by Crippen LogP contribution is 2.26. The van der Waals surface area contributed by atoms with E-state index in [9.17, 15) is 13.6 Å². The molecule has 1 aliphatic rings. The van der Waals surface area contributed by atoms with Crippen LogP contribution in [0.2, 0.25) is 5.02 Å². The van der Waals surface area contributed by atoms with Crippen molar-refractivity contribution < 1.29 is 18.3 Å². The average molecular weight is 467 g/mol. The lowest BCUT2D eigenvalue weighted by Gasteiger charge is -2.17. The second-order valence-electron chi connectivity index (χ2n) is 7.26. The Kier molecular flexibility index (Phi) is 12.5. The maximum absolute atomic E-state index is 13.7. The number of esters is 1. The quantitative estimate of drug-likeness (QED) is 0.330. The molecule has 0 aromatic heterocycles. The molecule has 176 valence electrons. The first-order valence-electron chi connectivity index (χ1n) is 10.9.